The van der Waals surface area contributed by atoms with E-state index >= 15 is 0 Å². The fraction of sp³-hybridized carbons (Fsp3) is 0.227. The Kier molecular flexibility index (Phi) is 6.02. The van der Waals surface area contributed by atoms with Crippen molar-refractivity contribution in [1.29, 1.82) is 0 Å². The molecule has 0 aliphatic rings. The molecule has 158 valence electrons. The molecular formula is C22H22N6O3. The van der Waals surface area contributed by atoms with Crippen LogP contribution in [0.3, 0.4) is 0 Å². The Labute approximate surface area is 178 Å². The van der Waals surface area contributed by atoms with Crippen molar-refractivity contribution in [3.05, 3.63) is 66.5 Å². The molecule has 0 radical (unpaired) electrons. The van der Waals surface area contributed by atoms with Gasteiger partial charge in [-0.15, -0.1) is 0 Å². The van der Waals surface area contributed by atoms with Crippen molar-refractivity contribution in [2.45, 2.75) is 19.9 Å². The van der Waals surface area contributed by atoms with Gasteiger partial charge in [0.1, 0.15) is 12.3 Å². The Morgan fingerprint density at radius 2 is 2.06 bits per heavy atom. The van der Waals surface area contributed by atoms with Crippen LogP contribution in [-0.2, 0) is 11.3 Å². The molecule has 0 saturated heterocycles. The largest absolute Gasteiger partial charge is 0.467 e. The molecule has 0 aliphatic carbocycles. The summed E-state index contributed by atoms with van der Waals surface area (Å²) >= 11 is 0. The number of carbonyl (C=O) groups is 2. The monoisotopic (exact) mass is 418 g/mol. The number of hydrogen-bond acceptors (Lipinski definition) is 6. The van der Waals surface area contributed by atoms with Crippen molar-refractivity contribution in [1.82, 2.24) is 30.4 Å². The third-order valence-electron chi connectivity index (χ3n) is 4.68. The van der Waals surface area contributed by atoms with Crippen molar-refractivity contribution in [3.8, 4) is 11.3 Å². The van der Waals surface area contributed by atoms with Crippen molar-refractivity contribution in [2.24, 2.45) is 0 Å². The number of rotatable bonds is 8. The lowest BCUT2D eigenvalue weighted by atomic mass is 10.1. The number of nitrogens with one attached hydrogen (secondary N) is 2. The van der Waals surface area contributed by atoms with E-state index < -0.39 is 0 Å². The Hall–Kier alpha value is -4.01. The highest BCUT2D eigenvalue weighted by Gasteiger charge is 2.18. The molecule has 2 amide bonds. The predicted molar refractivity (Wildman–Crippen MR) is 114 cm³/mol. The number of carbonyl (C=O) groups excluding carboxylic acids is 2. The molecule has 0 atom stereocenters. The van der Waals surface area contributed by atoms with Crippen molar-refractivity contribution in [2.75, 3.05) is 13.1 Å². The van der Waals surface area contributed by atoms with Gasteiger partial charge < -0.3 is 15.1 Å². The molecule has 0 spiro atoms. The van der Waals surface area contributed by atoms with Gasteiger partial charge in [-0.2, -0.15) is 5.10 Å². The topological polar surface area (TPSA) is 115 Å². The van der Waals surface area contributed by atoms with E-state index in [9.17, 15) is 9.59 Å². The molecule has 2 N–H and O–H groups in total. The van der Waals surface area contributed by atoms with E-state index in [2.05, 4.69) is 20.7 Å². The van der Waals surface area contributed by atoms with Crippen LogP contribution in [0.5, 0.6) is 0 Å². The Balaban J connectivity index is 1.70. The van der Waals surface area contributed by atoms with Gasteiger partial charge in [0.2, 0.25) is 5.91 Å². The fourth-order valence-electron chi connectivity index (χ4n) is 3.15. The average molecular weight is 418 g/mol. The van der Waals surface area contributed by atoms with Crippen LogP contribution in [0.15, 0.2) is 59.6 Å². The second-order valence-corrected chi connectivity index (χ2v) is 6.95. The lowest BCUT2D eigenvalue weighted by Crippen LogP contribution is -2.37. The van der Waals surface area contributed by atoms with Gasteiger partial charge in [0.15, 0.2) is 5.65 Å². The summed E-state index contributed by atoms with van der Waals surface area (Å²) in [7, 11) is 0. The zero-order valence-corrected chi connectivity index (χ0v) is 17.0. The van der Waals surface area contributed by atoms with Crippen LogP contribution in [0.1, 0.15) is 29.5 Å². The van der Waals surface area contributed by atoms with Gasteiger partial charge in [-0.25, -0.2) is 9.67 Å². The number of pyridine rings is 2. The molecular weight excluding hydrogens is 396 g/mol. The number of amides is 2. The summed E-state index contributed by atoms with van der Waals surface area (Å²) in [6, 6.07) is 9.02. The lowest BCUT2D eigenvalue weighted by Gasteiger charge is -2.10. The number of furan rings is 1. The molecule has 9 heteroatoms. The molecule has 0 bridgehead atoms. The molecule has 4 rings (SSSR count). The van der Waals surface area contributed by atoms with Crippen LogP contribution in [-0.4, -0.2) is 44.7 Å². The smallest absolute Gasteiger partial charge is 0.252 e. The Morgan fingerprint density at radius 1 is 1.16 bits per heavy atom. The number of fused-ring (bicyclic) bond motifs is 1. The first-order valence-electron chi connectivity index (χ1n) is 10.00. The van der Waals surface area contributed by atoms with E-state index in [0.717, 1.165) is 17.7 Å². The maximum absolute atomic E-state index is 13.0. The zero-order chi connectivity index (χ0) is 21.6. The van der Waals surface area contributed by atoms with E-state index in [0.29, 0.717) is 35.4 Å². The summed E-state index contributed by atoms with van der Waals surface area (Å²) in [6.45, 7) is 2.80. The molecule has 0 unspecified atom stereocenters. The van der Waals surface area contributed by atoms with Crippen LogP contribution in [0, 0.1) is 0 Å². The molecule has 4 heterocycles. The fourth-order valence-corrected chi connectivity index (χ4v) is 3.15. The maximum Gasteiger partial charge on any atom is 0.252 e. The summed E-state index contributed by atoms with van der Waals surface area (Å²) in [5.74, 6) is 0.111. The van der Waals surface area contributed by atoms with E-state index in [4.69, 9.17) is 9.40 Å². The van der Waals surface area contributed by atoms with E-state index in [-0.39, 0.29) is 18.4 Å². The standard InChI is InChI=1S/C22H22N6O3/c1-2-7-24-20(29)13-25-22(30)17-10-19(15-5-3-8-23-11-15)27-21-18(17)12-26-28(21)14-16-6-4-9-31-16/h3-6,8-12H,2,7,13-14H2,1H3,(H,24,29)(H,25,30). The minimum atomic E-state index is -0.373. The highest BCUT2D eigenvalue weighted by Crippen LogP contribution is 2.25. The van der Waals surface area contributed by atoms with Gasteiger partial charge >= 0.3 is 0 Å². The first-order valence-corrected chi connectivity index (χ1v) is 10.00. The molecule has 4 aromatic heterocycles. The van der Waals surface area contributed by atoms with Crippen molar-refractivity contribution < 1.29 is 14.0 Å². The summed E-state index contributed by atoms with van der Waals surface area (Å²) in [4.78, 5) is 33.7. The van der Waals surface area contributed by atoms with Gasteiger partial charge in [-0.3, -0.25) is 14.6 Å². The van der Waals surface area contributed by atoms with E-state index in [1.165, 1.54) is 0 Å². The normalized spacial score (nSPS) is 10.9. The average Bonchev–Trinajstić information content (AvgIpc) is 3.46. The zero-order valence-electron chi connectivity index (χ0n) is 17.0. The second-order valence-electron chi connectivity index (χ2n) is 6.95. The van der Waals surface area contributed by atoms with Crippen LogP contribution in [0.4, 0.5) is 0 Å². The molecule has 9 nitrogen and oxygen atoms in total. The summed E-state index contributed by atoms with van der Waals surface area (Å²) in [5.41, 5.74) is 2.28. The summed E-state index contributed by atoms with van der Waals surface area (Å²) < 4.78 is 7.10. The van der Waals surface area contributed by atoms with Crippen LogP contribution in [0.2, 0.25) is 0 Å². The SMILES string of the molecule is CCCNC(=O)CNC(=O)c1cc(-c2cccnc2)nc2c1cnn2Cc1ccco1. The van der Waals surface area contributed by atoms with Gasteiger partial charge in [0, 0.05) is 24.5 Å². The Bertz CT molecular complexity index is 1180. The van der Waals surface area contributed by atoms with Crippen LogP contribution in [0.25, 0.3) is 22.3 Å². The molecule has 31 heavy (non-hydrogen) atoms. The Morgan fingerprint density at radius 3 is 2.81 bits per heavy atom. The number of aromatic nitrogens is 4. The molecule has 0 saturated carbocycles. The minimum Gasteiger partial charge on any atom is -0.467 e. The second kappa shape index (κ2) is 9.21. The summed E-state index contributed by atoms with van der Waals surface area (Å²) in [5, 5.41) is 10.4. The lowest BCUT2D eigenvalue weighted by molar-refractivity contribution is -0.120. The van der Waals surface area contributed by atoms with E-state index in [1.807, 2.05) is 19.1 Å². The first-order chi connectivity index (χ1) is 15.2. The molecule has 0 fully saturated rings. The highest BCUT2D eigenvalue weighted by molar-refractivity contribution is 6.07. The van der Waals surface area contributed by atoms with E-state index in [1.54, 1.807) is 47.7 Å². The van der Waals surface area contributed by atoms with Crippen molar-refractivity contribution >= 4 is 22.8 Å². The van der Waals surface area contributed by atoms with Crippen LogP contribution >= 0.6 is 0 Å². The quantitative estimate of drug-likeness (QED) is 0.454. The molecule has 0 aromatic carbocycles. The minimum absolute atomic E-state index is 0.106. The van der Waals surface area contributed by atoms with Crippen LogP contribution < -0.4 is 10.6 Å². The van der Waals surface area contributed by atoms with Gasteiger partial charge in [0.05, 0.1) is 35.6 Å². The first kappa shape index (κ1) is 20.3. The summed E-state index contributed by atoms with van der Waals surface area (Å²) in [6.07, 6.45) is 7.38. The third kappa shape index (κ3) is 4.61. The van der Waals surface area contributed by atoms with Gasteiger partial charge in [0.25, 0.3) is 5.91 Å². The molecule has 0 aliphatic heterocycles. The predicted octanol–water partition coefficient (Wildman–Crippen LogP) is 2.39. The highest BCUT2D eigenvalue weighted by atomic mass is 16.3. The maximum atomic E-state index is 13.0. The third-order valence-corrected chi connectivity index (χ3v) is 4.68. The van der Waals surface area contributed by atoms with Gasteiger partial charge in [-0.1, -0.05) is 6.92 Å². The number of nitrogens with zero attached hydrogens (tertiary/aromatic N) is 4. The number of hydrogen-bond donors (Lipinski definition) is 2. The molecule has 4 aromatic rings. The van der Waals surface area contributed by atoms with Gasteiger partial charge in [-0.05, 0) is 36.8 Å². The van der Waals surface area contributed by atoms with Crippen molar-refractivity contribution in [3.63, 3.8) is 0 Å².